The second-order valence-corrected chi connectivity index (χ2v) is 6.56. The number of carbonyl (C=O) groups is 1. The van der Waals surface area contributed by atoms with Crippen molar-refractivity contribution < 1.29 is 9.53 Å². The van der Waals surface area contributed by atoms with Gasteiger partial charge in [-0.15, -0.1) is 11.8 Å². The normalized spacial score (nSPS) is 18.4. The number of aromatic nitrogens is 1. The summed E-state index contributed by atoms with van der Waals surface area (Å²) in [5, 5.41) is 1.84. The number of allylic oxidation sites excluding steroid dienone is 2. The summed E-state index contributed by atoms with van der Waals surface area (Å²) in [6.07, 6.45) is 9.61. The van der Waals surface area contributed by atoms with Crippen LogP contribution in [-0.4, -0.2) is 49.0 Å². The van der Waals surface area contributed by atoms with E-state index in [9.17, 15) is 4.79 Å². The van der Waals surface area contributed by atoms with Crippen molar-refractivity contribution >= 4 is 45.3 Å². The number of nitrogens with zero attached hydrogens (tertiary/aromatic N) is 3. The minimum absolute atomic E-state index is 0.276. The minimum Gasteiger partial charge on any atom is -0.467 e. The van der Waals surface area contributed by atoms with Gasteiger partial charge in [0, 0.05) is 30.9 Å². The molecule has 112 valence electrons. The molecule has 0 N–H and O–H groups in total. The van der Waals surface area contributed by atoms with Crippen LogP contribution in [0.2, 0.25) is 0 Å². The Morgan fingerprint density at radius 2 is 2.19 bits per heavy atom. The number of rotatable bonds is 5. The van der Waals surface area contributed by atoms with Crippen LogP contribution in [0, 0.1) is 0 Å². The van der Waals surface area contributed by atoms with E-state index in [-0.39, 0.29) is 12.0 Å². The lowest BCUT2D eigenvalue weighted by Crippen LogP contribution is -2.19. The van der Waals surface area contributed by atoms with Crippen molar-refractivity contribution in [3.8, 4) is 0 Å². The third-order valence-corrected chi connectivity index (χ3v) is 4.80. The van der Waals surface area contributed by atoms with E-state index in [2.05, 4.69) is 14.7 Å². The Hall–Kier alpha value is -1.60. The number of aliphatic imine (C=N–C) groups is 1. The molecule has 1 unspecified atom stereocenters. The Labute approximate surface area is 132 Å². The number of carbonyl (C=O) groups excluding carboxylic acids is 1. The molecule has 7 heteroatoms. The van der Waals surface area contributed by atoms with E-state index in [1.807, 2.05) is 49.5 Å². The Bertz CT molecular complexity index is 591. The summed E-state index contributed by atoms with van der Waals surface area (Å²) >= 11 is 3.19. The average Bonchev–Trinajstić information content (AvgIpc) is 3.12. The van der Waals surface area contributed by atoms with Gasteiger partial charge in [0.1, 0.15) is 0 Å². The van der Waals surface area contributed by atoms with Crippen molar-refractivity contribution in [2.24, 2.45) is 4.99 Å². The number of ether oxygens (including phenoxy) is 1. The molecule has 2 heterocycles. The molecule has 0 amide bonds. The first-order valence-electron chi connectivity index (χ1n) is 6.36. The molecule has 0 radical (unpaired) electrons. The van der Waals surface area contributed by atoms with Crippen LogP contribution in [0.25, 0.3) is 6.08 Å². The summed E-state index contributed by atoms with van der Waals surface area (Å²) in [4.78, 5) is 23.0. The molecular weight excluding hydrogens is 306 g/mol. The van der Waals surface area contributed by atoms with Gasteiger partial charge in [0.25, 0.3) is 0 Å². The third-order valence-electron chi connectivity index (χ3n) is 2.65. The Morgan fingerprint density at radius 3 is 2.86 bits per heavy atom. The fraction of sp³-hybridized carbons (Fsp3) is 0.357. The first kappa shape index (κ1) is 15.8. The van der Waals surface area contributed by atoms with E-state index in [0.717, 1.165) is 15.1 Å². The highest BCUT2D eigenvalue weighted by Crippen LogP contribution is 2.22. The number of hydrogen-bond donors (Lipinski definition) is 0. The number of thiazole rings is 1. The summed E-state index contributed by atoms with van der Waals surface area (Å²) in [6, 6.07) is -0.368. The molecule has 1 atom stereocenters. The van der Waals surface area contributed by atoms with Gasteiger partial charge in [0.15, 0.2) is 11.2 Å². The van der Waals surface area contributed by atoms with Crippen molar-refractivity contribution in [2.45, 2.75) is 6.04 Å². The largest absolute Gasteiger partial charge is 0.467 e. The molecular formula is C14H17N3O2S2. The van der Waals surface area contributed by atoms with Crippen LogP contribution in [0.1, 0.15) is 4.88 Å². The van der Waals surface area contributed by atoms with Gasteiger partial charge in [-0.3, -0.25) is 4.99 Å². The number of methoxy groups -OCH3 is 1. The van der Waals surface area contributed by atoms with Gasteiger partial charge in [-0.05, 0) is 12.2 Å². The van der Waals surface area contributed by atoms with E-state index < -0.39 is 0 Å². The van der Waals surface area contributed by atoms with Crippen molar-refractivity contribution in [1.29, 1.82) is 0 Å². The molecule has 0 spiro atoms. The molecule has 21 heavy (non-hydrogen) atoms. The van der Waals surface area contributed by atoms with Crippen LogP contribution in [0.5, 0.6) is 0 Å². The lowest BCUT2D eigenvalue weighted by Gasteiger charge is -2.04. The fourth-order valence-corrected chi connectivity index (χ4v) is 3.26. The molecule has 2 rings (SSSR count). The highest BCUT2D eigenvalue weighted by atomic mass is 32.2. The van der Waals surface area contributed by atoms with E-state index >= 15 is 0 Å². The second kappa shape index (κ2) is 7.42. The topological polar surface area (TPSA) is 54.8 Å². The molecule has 0 aliphatic carbocycles. The van der Waals surface area contributed by atoms with E-state index in [1.54, 1.807) is 23.1 Å². The zero-order chi connectivity index (χ0) is 15.2. The van der Waals surface area contributed by atoms with Crippen LogP contribution in [0.3, 0.4) is 0 Å². The van der Waals surface area contributed by atoms with E-state index in [1.165, 1.54) is 7.11 Å². The number of thioether (sulfide) groups is 1. The molecule has 1 aromatic heterocycles. The maximum absolute atomic E-state index is 11.3. The molecule has 0 aromatic carbocycles. The molecule has 1 aromatic rings. The first-order valence-corrected chi connectivity index (χ1v) is 8.16. The molecule has 1 aliphatic heterocycles. The van der Waals surface area contributed by atoms with Crippen LogP contribution in [0.15, 0.2) is 29.4 Å². The van der Waals surface area contributed by atoms with Gasteiger partial charge in [-0.1, -0.05) is 23.5 Å². The quantitative estimate of drug-likeness (QED) is 0.615. The summed E-state index contributed by atoms with van der Waals surface area (Å²) in [5.41, 5.74) is 0. The standard InChI is InChI=1S/C14H17N3O2S2/c1-17(2)14-15-8-10(21-14)6-4-5-7-12-16-11(9-20-12)13(18)19-3/h4-8,11H,9H2,1-3H3/b6-4+,7-5+. The van der Waals surface area contributed by atoms with Gasteiger partial charge in [0.05, 0.1) is 12.2 Å². The maximum atomic E-state index is 11.3. The Kier molecular flexibility index (Phi) is 5.58. The zero-order valence-electron chi connectivity index (χ0n) is 12.1. The lowest BCUT2D eigenvalue weighted by atomic mass is 10.3. The molecule has 0 saturated heterocycles. The SMILES string of the molecule is COC(=O)C1CSC(/C=C/C=C/c2cnc(N(C)C)s2)=N1. The van der Waals surface area contributed by atoms with Gasteiger partial charge in [-0.2, -0.15) is 0 Å². The van der Waals surface area contributed by atoms with Crippen molar-refractivity contribution in [3.05, 3.63) is 29.3 Å². The Morgan fingerprint density at radius 1 is 1.43 bits per heavy atom. The van der Waals surface area contributed by atoms with Crippen molar-refractivity contribution in [3.63, 3.8) is 0 Å². The summed E-state index contributed by atoms with van der Waals surface area (Å²) in [6.45, 7) is 0. The summed E-state index contributed by atoms with van der Waals surface area (Å²) < 4.78 is 4.68. The first-order chi connectivity index (χ1) is 10.1. The molecule has 0 fully saturated rings. The highest BCUT2D eigenvalue weighted by molar-refractivity contribution is 8.14. The van der Waals surface area contributed by atoms with Crippen LogP contribution in [0.4, 0.5) is 5.13 Å². The van der Waals surface area contributed by atoms with Crippen molar-refractivity contribution in [2.75, 3.05) is 31.9 Å². The predicted octanol–water partition coefficient (Wildman–Crippen LogP) is 2.47. The number of anilines is 1. The van der Waals surface area contributed by atoms with Gasteiger partial charge < -0.3 is 9.64 Å². The smallest absolute Gasteiger partial charge is 0.331 e. The Balaban J connectivity index is 1.90. The fourth-order valence-electron chi connectivity index (χ4n) is 1.59. The average molecular weight is 323 g/mol. The van der Waals surface area contributed by atoms with E-state index in [4.69, 9.17) is 0 Å². The van der Waals surface area contributed by atoms with Gasteiger partial charge in [-0.25, -0.2) is 9.78 Å². The molecule has 0 saturated carbocycles. The third kappa shape index (κ3) is 4.44. The monoisotopic (exact) mass is 323 g/mol. The summed E-state index contributed by atoms with van der Waals surface area (Å²) in [7, 11) is 5.33. The highest BCUT2D eigenvalue weighted by Gasteiger charge is 2.24. The molecule has 0 bridgehead atoms. The second-order valence-electron chi connectivity index (χ2n) is 4.48. The molecule has 5 nitrogen and oxygen atoms in total. The van der Waals surface area contributed by atoms with Crippen LogP contribution < -0.4 is 4.90 Å². The zero-order valence-corrected chi connectivity index (χ0v) is 13.8. The maximum Gasteiger partial charge on any atom is 0.331 e. The lowest BCUT2D eigenvalue weighted by molar-refractivity contribution is -0.141. The minimum atomic E-state index is -0.368. The molecule has 1 aliphatic rings. The van der Waals surface area contributed by atoms with Crippen LogP contribution >= 0.6 is 23.1 Å². The predicted molar refractivity (Wildman–Crippen MR) is 90.3 cm³/mol. The van der Waals surface area contributed by atoms with Crippen LogP contribution in [-0.2, 0) is 9.53 Å². The number of hydrogen-bond acceptors (Lipinski definition) is 7. The number of esters is 1. The van der Waals surface area contributed by atoms with Gasteiger partial charge in [0.2, 0.25) is 0 Å². The van der Waals surface area contributed by atoms with Crippen molar-refractivity contribution in [1.82, 2.24) is 4.98 Å². The van der Waals surface area contributed by atoms with Gasteiger partial charge >= 0.3 is 5.97 Å². The van der Waals surface area contributed by atoms with E-state index in [0.29, 0.717) is 5.75 Å². The summed E-state index contributed by atoms with van der Waals surface area (Å²) in [5.74, 6) is 0.374.